The molecule has 1 rings (SSSR count). The summed E-state index contributed by atoms with van der Waals surface area (Å²) < 4.78 is 0. The molecule has 1 fully saturated rings. The van der Waals surface area contributed by atoms with Crippen LogP contribution in [-0.2, 0) is 0 Å². The van der Waals surface area contributed by atoms with Crippen LogP contribution in [0.15, 0.2) is 11.6 Å². The number of allylic oxidation sites excluding steroid dienone is 2. The molecule has 1 saturated carbocycles. The van der Waals surface area contributed by atoms with E-state index in [1.807, 2.05) is 0 Å². The van der Waals surface area contributed by atoms with Gasteiger partial charge in [-0.1, -0.05) is 25.5 Å². The molecule has 0 aromatic carbocycles. The third-order valence-electron chi connectivity index (χ3n) is 2.71. The van der Waals surface area contributed by atoms with E-state index in [9.17, 15) is 0 Å². The van der Waals surface area contributed by atoms with Crippen molar-refractivity contribution in [2.45, 2.75) is 46.5 Å². The summed E-state index contributed by atoms with van der Waals surface area (Å²) in [6.45, 7) is 6.78. The van der Waals surface area contributed by atoms with Crippen molar-refractivity contribution in [1.82, 2.24) is 0 Å². The molecule has 0 heterocycles. The van der Waals surface area contributed by atoms with Crippen LogP contribution >= 0.6 is 0 Å². The van der Waals surface area contributed by atoms with Gasteiger partial charge in [-0.05, 0) is 38.0 Å². The van der Waals surface area contributed by atoms with Crippen LogP contribution in [0.25, 0.3) is 0 Å². The Morgan fingerprint density at radius 3 is 2.30 bits per heavy atom. The van der Waals surface area contributed by atoms with E-state index in [4.69, 9.17) is 0 Å². The van der Waals surface area contributed by atoms with Gasteiger partial charge in [0.25, 0.3) is 0 Å². The quantitative estimate of drug-likeness (QED) is 0.523. The van der Waals surface area contributed by atoms with Crippen LogP contribution < -0.4 is 0 Å². The van der Waals surface area contributed by atoms with E-state index in [1.165, 1.54) is 25.7 Å². The van der Waals surface area contributed by atoms with Crippen molar-refractivity contribution in [1.29, 1.82) is 0 Å². The number of hydrogen-bond donors (Lipinski definition) is 0. The molecule has 0 radical (unpaired) electrons. The molecule has 0 saturated heterocycles. The average Bonchev–Trinajstić information content (AvgIpc) is 2.70. The van der Waals surface area contributed by atoms with Crippen LogP contribution in [0.3, 0.4) is 0 Å². The highest BCUT2D eigenvalue weighted by atomic mass is 14.4. The number of rotatable bonds is 3. The summed E-state index contributed by atoms with van der Waals surface area (Å²) in [6, 6.07) is 0. The smallest absolute Gasteiger partial charge is 0.0118 e. The van der Waals surface area contributed by atoms with Gasteiger partial charge in [0, 0.05) is 0 Å². The van der Waals surface area contributed by atoms with E-state index in [0.717, 1.165) is 0 Å². The second-order valence-electron chi connectivity index (χ2n) is 3.56. The van der Waals surface area contributed by atoms with Crippen molar-refractivity contribution in [3.05, 3.63) is 11.6 Å². The minimum absolute atomic E-state index is 0.653. The van der Waals surface area contributed by atoms with Gasteiger partial charge in [-0.3, -0.25) is 0 Å². The highest BCUT2D eigenvalue weighted by molar-refractivity contribution is 5.13. The van der Waals surface area contributed by atoms with Crippen molar-refractivity contribution in [3.63, 3.8) is 0 Å². The molecule has 0 atom stereocenters. The van der Waals surface area contributed by atoms with Gasteiger partial charge >= 0.3 is 0 Å². The molecule has 10 heavy (non-hydrogen) atoms. The van der Waals surface area contributed by atoms with Gasteiger partial charge < -0.3 is 0 Å². The van der Waals surface area contributed by atoms with Gasteiger partial charge in [0.2, 0.25) is 0 Å². The van der Waals surface area contributed by atoms with Gasteiger partial charge in [-0.2, -0.15) is 0 Å². The van der Waals surface area contributed by atoms with E-state index in [-0.39, 0.29) is 0 Å². The van der Waals surface area contributed by atoms with E-state index in [0.29, 0.717) is 5.41 Å². The molecule has 0 N–H and O–H groups in total. The third-order valence-corrected chi connectivity index (χ3v) is 2.71. The standard InChI is InChI=1S/C10H18/c1-4-9(3)8-10(5-2)6-7-10/h8H,4-7H2,1-3H3. The normalized spacial score (nSPS) is 22.9. The minimum atomic E-state index is 0.653. The first-order chi connectivity index (χ1) is 4.72. The summed E-state index contributed by atoms with van der Waals surface area (Å²) in [5.74, 6) is 0. The predicted octanol–water partition coefficient (Wildman–Crippen LogP) is 3.53. The molecule has 0 spiro atoms. The maximum Gasteiger partial charge on any atom is -0.0118 e. The molecular formula is C10H18. The Morgan fingerprint density at radius 1 is 1.40 bits per heavy atom. The lowest BCUT2D eigenvalue weighted by molar-refractivity contribution is 0.618. The SMILES string of the molecule is CCC(C)=CC1(CC)CC1. The summed E-state index contributed by atoms with van der Waals surface area (Å²) >= 11 is 0. The lowest BCUT2D eigenvalue weighted by atomic mass is 10.00. The zero-order valence-corrected chi connectivity index (χ0v) is 7.41. The van der Waals surface area contributed by atoms with Crippen LogP contribution in [-0.4, -0.2) is 0 Å². The first kappa shape index (κ1) is 7.84. The minimum Gasteiger partial charge on any atom is -0.0794 e. The first-order valence-corrected chi connectivity index (χ1v) is 4.41. The summed E-state index contributed by atoms with van der Waals surface area (Å²) in [7, 11) is 0. The van der Waals surface area contributed by atoms with E-state index in [2.05, 4.69) is 26.8 Å². The summed E-state index contributed by atoms with van der Waals surface area (Å²) in [4.78, 5) is 0. The van der Waals surface area contributed by atoms with Crippen LogP contribution in [0.4, 0.5) is 0 Å². The number of hydrogen-bond acceptors (Lipinski definition) is 0. The van der Waals surface area contributed by atoms with Gasteiger partial charge in [0.15, 0.2) is 0 Å². The molecule has 0 unspecified atom stereocenters. The van der Waals surface area contributed by atoms with Gasteiger partial charge in [-0.15, -0.1) is 0 Å². The largest absolute Gasteiger partial charge is 0.0794 e. The Balaban J connectivity index is 2.50. The van der Waals surface area contributed by atoms with E-state index >= 15 is 0 Å². The fourth-order valence-electron chi connectivity index (χ4n) is 1.39. The van der Waals surface area contributed by atoms with Crippen molar-refractivity contribution in [2.24, 2.45) is 5.41 Å². The lowest BCUT2D eigenvalue weighted by Gasteiger charge is -2.06. The van der Waals surface area contributed by atoms with Crippen LogP contribution in [0.2, 0.25) is 0 Å². The summed E-state index contributed by atoms with van der Waals surface area (Å²) in [5, 5.41) is 0. The van der Waals surface area contributed by atoms with E-state index in [1.54, 1.807) is 5.57 Å². The molecule has 1 aliphatic rings. The molecule has 0 aromatic heterocycles. The predicted molar refractivity (Wildman–Crippen MR) is 46.0 cm³/mol. The topological polar surface area (TPSA) is 0 Å². The van der Waals surface area contributed by atoms with E-state index < -0.39 is 0 Å². The first-order valence-electron chi connectivity index (χ1n) is 4.41. The molecular weight excluding hydrogens is 120 g/mol. The fourth-order valence-corrected chi connectivity index (χ4v) is 1.39. The highest BCUT2D eigenvalue weighted by Gasteiger charge is 2.37. The molecule has 0 nitrogen and oxygen atoms in total. The summed E-state index contributed by atoms with van der Waals surface area (Å²) in [6.07, 6.45) is 7.92. The third kappa shape index (κ3) is 1.62. The monoisotopic (exact) mass is 138 g/mol. The van der Waals surface area contributed by atoms with Crippen molar-refractivity contribution < 1.29 is 0 Å². The van der Waals surface area contributed by atoms with Gasteiger partial charge in [-0.25, -0.2) is 0 Å². The highest BCUT2D eigenvalue weighted by Crippen LogP contribution is 2.50. The molecule has 1 aliphatic carbocycles. The van der Waals surface area contributed by atoms with Crippen LogP contribution in [0.5, 0.6) is 0 Å². The molecule has 58 valence electrons. The average molecular weight is 138 g/mol. The molecule has 0 aromatic rings. The second-order valence-corrected chi connectivity index (χ2v) is 3.56. The second kappa shape index (κ2) is 2.77. The summed E-state index contributed by atoms with van der Waals surface area (Å²) in [5.41, 5.74) is 2.22. The maximum absolute atomic E-state index is 2.49. The molecule has 0 heteroatoms. The molecule has 0 bridgehead atoms. The van der Waals surface area contributed by atoms with Gasteiger partial charge in [0.05, 0.1) is 0 Å². The Kier molecular flexibility index (Phi) is 2.18. The zero-order chi connectivity index (χ0) is 7.61. The van der Waals surface area contributed by atoms with Crippen molar-refractivity contribution >= 4 is 0 Å². The Bertz CT molecular complexity index is 138. The van der Waals surface area contributed by atoms with Gasteiger partial charge in [0.1, 0.15) is 0 Å². The molecule has 0 amide bonds. The Hall–Kier alpha value is -0.260. The van der Waals surface area contributed by atoms with Crippen LogP contribution in [0.1, 0.15) is 46.5 Å². The zero-order valence-electron chi connectivity index (χ0n) is 7.41. The Morgan fingerprint density at radius 2 is 2.00 bits per heavy atom. The fraction of sp³-hybridized carbons (Fsp3) is 0.800. The van der Waals surface area contributed by atoms with Crippen LogP contribution in [0, 0.1) is 5.41 Å². The van der Waals surface area contributed by atoms with Crippen molar-refractivity contribution in [3.8, 4) is 0 Å². The lowest BCUT2D eigenvalue weighted by Crippen LogP contribution is -1.92. The molecule has 0 aliphatic heterocycles. The maximum atomic E-state index is 2.49. The Labute approximate surface area is 64.3 Å². The van der Waals surface area contributed by atoms with Crippen molar-refractivity contribution in [2.75, 3.05) is 0 Å².